The van der Waals surface area contributed by atoms with Crippen LogP contribution < -0.4 is 5.73 Å². The largest absolute Gasteiger partial charge is 0.366 e. The predicted molar refractivity (Wildman–Crippen MR) is 79.8 cm³/mol. The first-order valence-corrected chi connectivity index (χ1v) is 8.21. The summed E-state index contributed by atoms with van der Waals surface area (Å²) in [6, 6.07) is 10.6. The van der Waals surface area contributed by atoms with Gasteiger partial charge in [-0.25, -0.2) is 0 Å². The van der Waals surface area contributed by atoms with Crippen molar-refractivity contribution in [2.45, 2.75) is 11.5 Å². The van der Waals surface area contributed by atoms with E-state index in [-0.39, 0.29) is 0 Å². The zero-order chi connectivity index (χ0) is 13.8. The van der Waals surface area contributed by atoms with Crippen molar-refractivity contribution < 1.29 is 9.00 Å². The average molecular weight is 314 g/mol. The van der Waals surface area contributed by atoms with Crippen molar-refractivity contribution in [3.8, 4) is 0 Å². The van der Waals surface area contributed by atoms with Crippen molar-refractivity contribution >= 4 is 39.6 Å². The standard InChI is InChI=1S/C13H12ClNO2S2/c14-12-5-4-11(18-12)8-19(17)7-9-2-1-3-10(6-9)13(15)16/h1-6H,7-8H2,(H2,15,16)/t19-/m1/s1. The topological polar surface area (TPSA) is 60.2 Å². The van der Waals surface area contributed by atoms with Crippen LogP contribution in [-0.2, 0) is 22.3 Å². The van der Waals surface area contributed by atoms with E-state index in [0.717, 1.165) is 10.4 Å². The number of nitrogens with two attached hydrogens (primary N) is 1. The molecule has 2 rings (SSSR count). The number of amides is 1. The zero-order valence-electron chi connectivity index (χ0n) is 9.97. The number of primary amides is 1. The highest BCUT2D eigenvalue weighted by molar-refractivity contribution is 7.83. The van der Waals surface area contributed by atoms with E-state index in [2.05, 4.69) is 0 Å². The Kier molecular flexibility index (Phi) is 4.74. The van der Waals surface area contributed by atoms with Crippen molar-refractivity contribution in [1.82, 2.24) is 0 Å². The molecule has 100 valence electrons. The van der Waals surface area contributed by atoms with E-state index in [9.17, 15) is 9.00 Å². The highest BCUT2D eigenvalue weighted by atomic mass is 35.5. The van der Waals surface area contributed by atoms with Crippen LogP contribution in [0.15, 0.2) is 36.4 Å². The maximum atomic E-state index is 12.0. The van der Waals surface area contributed by atoms with Gasteiger partial charge in [0.05, 0.1) is 10.1 Å². The van der Waals surface area contributed by atoms with Crippen molar-refractivity contribution in [2.75, 3.05) is 0 Å². The number of benzene rings is 1. The molecule has 0 saturated heterocycles. The summed E-state index contributed by atoms with van der Waals surface area (Å²) in [5.74, 6) is 0.395. The van der Waals surface area contributed by atoms with E-state index < -0.39 is 16.7 Å². The Balaban J connectivity index is 2.02. The predicted octanol–water partition coefficient (Wildman–Crippen LogP) is 2.95. The van der Waals surface area contributed by atoms with Crippen LogP contribution in [0.3, 0.4) is 0 Å². The maximum absolute atomic E-state index is 12.0. The number of thiophene rings is 1. The molecule has 1 aromatic carbocycles. The van der Waals surface area contributed by atoms with Crippen molar-refractivity contribution in [3.05, 3.63) is 56.7 Å². The molecule has 0 aliphatic carbocycles. The highest BCUT2D eigenvalue weighted by Crippen LogP contribution is 2.23. The second kappa shape index (κ2) is 6.32. The molecule has 0 aliphatic heterocycles. The summed E-state index contributed by atoms with van der Waals surface area (Å²) in [5, 5.41) is 0. The lowest BCUT2D eigenvalue weighted by Gasteiger charge is -2.03. The quantitative estimate of drug-likeness (QED) is 0.922. The van der Waals surface area contributed by atoms with Crippen molar-refractivity contribution in [2.24, 2.45) is 5.73 Å². The van der Waals surface area contributed by atoms with Gasteiger partial charge in [-0.15, -0.1) is 11.3 Å². The Morgan fingerprint density at radius 3 is 2.68 bits per heavy atom. The summed E-state index contributed by atoms with van der Waals surface area (Å²) < 4.78 is 12.7. The van der Waals surface area contributed by atoms with Crippen LogP contribution in [0.4, 0.5) is 0 Å². The molecule has 1 heterocycles. The Morgan fingerprint density at radius 2 is 2.05 bits per heavy atom. The average Bonchev–Trinajstić information content (AvgIpc) is 2.74. The number of halogens is 1. The van der Waals surface area contributed by atoms with Crippen molar-refractivity contribution in [1.29, 1.82) is 0 Å². The van der Waals surface area contributed by atoms with Gasteiger partial charge in [-0.1, -0.05) is 23.7 Å². The number of rotatable bonds is 5. The summed E-state index contributed by atoms with van der Waals surface area (Å²) in [6.07, 6.45) is 0. The molecular formula is C13H12ClNO2S2. The monoisotopic (exact) mass is 313 g/mol. The van der Waals surface area contributed by atoms with Gasteiger partial charge < -0.3 is 5.73 Å². The summed E-state index contributed by atoms with van der Waals surface area (Å²) in [5.41, 5.74) is 6.50. The molecule has 0 spiro atoms. The van der Waals surface area contributed by atoms with E-state index in [1.54, 1.807) is 24.3 Å². The number of carbonyl (C=O) groups excluding carboxylic acids is 1. The number of carbonyl (C=O) groups is 1. The summed E-state index contributed by atoms with van der Waals surface area (Å²) in [7, 11) is -1.03. The summed E-state index contributed by atoms with van der Waals surface area (Å²) >= 11 is 7.26. The lowest BCUT2D eigenvalue weighted by atomic mass is 10.1. The SMILES string of the molecule is NC(=O)c1cccc(C[S@@](=O)Cc2ccc(Cl)s2)c1. The zero-order valence-corrected chi connectivity index (χ0v) is 12.4. The minimum atomic E-state index is -1.03. The van der Waals surface area contributed by atoms with Gasteiger partial charge in [0.1, 0.15) is 0 Å². The third-order valence-electron chi connectivity index (χ3n) is 2.47. The van der Waals surface area contributed by atoms with Gasteiger partial charge in [0.15, 0.2) is 0 Å². The molecule has 2 N–H and O–H groups in total. The fraction of sp³-hybridized carbons (Fsp3) is 0.154. The van der Waals surface area contributed by atoms with Crippen LogP contribution in [0.25, 0.3) is 0 Å². The Labute approximate surface area is 122 Å². The first kappa shape index (κ1) is 14.2. The molecule has 0 bridgehead atoms. The minimum absolute atomic E-state index is 0.399. The molecule has 0 fully saturated rings. The molecule has 19 heavy (non-hydrogen) atoms. The second-order valence-corrected chi connectivity index (χ2v) is 7.26. The van der Waals surface area contributed by atoms with Gasteiger partial charge in [0, 0.05) is 27.0 Å². The molecule has 2 aromatic rings. The summed E-state index contributed by atoms with van der Waals surface area (Å²) in [4.78, 5) is 12.1. The molecule has 1 amide bonds. The fourth-order valence-electron chi connectivity index (χ4n) is 1.64. The Morgan fingerprint density at radius 1 is 1.26 bits per heavy atom. The fourth-order valence-corrected chi connectivity index (χ4v) is 4.22. The minimum Gasteiger partial charge on any atom is -0.366 e. The highest BCUT2D eigenvalue weighted by Gasteiger charge is 2.07. The van der Waals surface area contributed by atoms with Crippen molar-refractivity contribution in [3.63, 3.8) is 0 Å². The first-order chi connectivity index (χ1) is 9.04. The maximum Gasteiger partial charge on any atom is 0.248 e. The lowest BCUT2D eigenvalue weighted by Crippen LogP contribution is -2.11. The number of hydrogen-bond donors (Lipinski definition) is 1. The smallest absolute Gasteiger partial charge is 0.248 e. The molecular weight excluding hydrogens is 302 g/mol. The number of hydrogen-bond acceptors (Lipinski definition) is 3. The molecule has 0 aliphatic rings. The van der Waals surface area contributed by atoms with Gasteiger partial charge in [-0.05, 0) is 29.8 Å². The third-order valence-corrected chi connectivity index (χ3v) is 5.17. The molecule has 0 radical (unpaired) electrons. The Bertz CT molecular complexity index is 625. The molecule has 0 unspecified atom stereocenters. The van der Waals surface area contributed by atoms with E-state index >= 15 is 0 Å². The van der Waals surface area contributed by atoms with Gasteiger partial charge in [0.25, 0.3) is 0 Å². The van der Waals surface area contributed by atoms with Crippen LogP contribution >= 0.6 is 22.9 Å². The second-order valence-electron chi connectivity index (χ2n) is 4.00. The molecule has 0 saturated carbocycles. The van der Waals surface area contributed by atoms with Crippen LogP contribution in [0, 0.1) is 0 Å². The third kappa shape index (κ3) is 4.16. The lowest BCUT2D eigenvalue weighted by molar-refractivity contribution is 0.1000. The van der Waals surface area contributed by atoms with Gasteiger partial charge in [-0.2, -0.15) is 0 Å². The van der Waals surface area contributed by atoms with E-state index in [4.69, 9.17) is 17.3 Å². The van der Waals surface area contributed by atoms with Crippen LogP contribution in [0.1, 0.15) is 20.8 Å². The van der Waals surface area contributed by atoms with E-state index in [0.29, 0.717) is 21.4 Å². The molecule has 1 atom stereocenters. The summed E-state index contributed by atoms with van der Waals surface area (Å²) in [6.45, 7) is 0. The molecule has 1 aromatic heterocycles. The van der Waals surface area contributed by atoms with Crippen LogP contribution in [-0.4, -0.2) is 10.1 Å². The van der Waals surface area contributed by atoms with Gasteiger partial charge in [0.2, 0.25) is 5.91 Å². The van der Waals surface area contributed by atoms with Crippen LogP contribution in [0.5, 0.6) is 0 Å². The van der Waals surface area contributed by atoms with E-state index in [1.807, 2.05) is 12.1 Å². The van der Waals surface area contributed by atoms with E-state index in [1.165, 1.54) is 11.3 Å². The van der Waals surface area contributed by atoms with Gasteiger partial charge in [-0.3, -0.25) is 9.00 Å². The van der Waals surface area contributed by atoms with Crippen LogP contribution in [0.2, 0.25) is 4.34 Å². The first-order valence-electron chi connectivity index (χ1n) is 5.52. The molecule has 6 heteroatoms. The van der Waals surface area contributed by atoms with Gasteiger partial charge >= 0.3 is 0 Å². The molecule has 3 nitrogen and oxygen atoms in total. The Hall–Kier alpha value is -1.17. The normalized spacial score (nSPS) is 12.3.